The van der Waals surface area contributed by atoms with Crippen molar-refractivity contribution in [3.05, 3.63) is 95.0 Å². The predicted octanol–water partition coefficient (Wildman–Crippen LogP) is 4.24. The van der Waals surface area contributed by atoms with Crippen LogP contribution in [0.5, 0.6) is 0 Å². The van der Waals surface area contributed by atoms with Crippen LogP contribution in [0, 0.1) is 11.6 Å². The van der Waals surface area contributed by atoms with Crippen molar-refractivity contribution in [2.24, 2.45) is 0 Å². The van der Waals surface area contributed by atoms with E-state index in [4.69, 9.17) is 11.6 Å². The zero-order valence-corrected chi connectivity index (χ0v) is 17.1. The van der Waals surface area contributed by atoms with Crippen molar-refractivity contribution in [3.8, 4) is 0 Å². The summed E-state index contributed by atoms with van der Waals surface area (Å²) in [5.41, 5.74) is 0.738. The molecule has 0 spiro atoms. The average Bonchev–Trinajstić information content (AvgIpc) is 2.72. The van der Waals surface area contributed by atoms with E-state index in [1.165, 1.54) is 29.2 Å². The van der Waals surface area contributed by atoms with E-state index < -0.39 is 27.6 Å². The van der Waals surface area contributed by atoms with Crippen LogP contribution in [0.1, 0.15) is 10.4 Å². The second-order valence-corrected chi connectivity index (χ2v) is 8.50. The molecule has 0 aromatic heterocycles. The molecule has 0 saturated heterocycles. The molecule has 0 bridgehead atoms. The fourth-order valence-electron chi connectivity index (χ4n) is 2.71. The number of rotatable bonds is 7. The largest absolute Gasteiger partial charge is 0.307 e. The number of hydrogen-bond donors (Lipinski definition) is 1. The zero-order valence-electron chi connectivity index (χ0n) is 15.6. The number of carbonyl (C=O) groups excluding carboxylic acids is 1. The van der Waals surface area contributed by atoms with E-state index in [2.05, 4.69) is 4.72 Å². The van der Waals surface area contributed by atoms with Crippen LogP contribution in [-0.4, -0.2) is 27.4 Å². The molecule has 3 rings (SSSR count). The molecule has 30 heavy (non-hydrogen) atoms. The number of sulfonamides is 1. The normalized spacial score (nSPS) is 11.3. The van der Waals surface area contributed by atoms with Crippen molar-refractivity contribution < 1.29 is 22.0 Å². The molecule has 0 heterocycles. The van der Waals surface area contributed by atoms with Gasteiger partial charge in [0.1, 0.15) is 11.6 Å². The third kappa shape index (κ3) is 5.41. The van der Waals surface area contributed by atoms with Gasteiger partial charge in [-0.2, -0.15) is 0 Å². The summed E-state index contributed by atoms with van der Waals surface area (Å²) in [6.07, 6.45) is 0. The highest BCUT2D eigenvalue weighted by Gasteiger charge is 2.20. The van der Waals surface area contributed by atoms with Gasteiger partial charge in [-0.3, -0.25) is 4.79 Å². The van der Waals surface area contributed by atoms with Gasteiger partial charge < -0.3 is 4.90 Å². The van der Waals surface area contributed by atoms with Gasteiger partial charge in [0.05, 0.1) is 4.90 Å². The van der Waals surface area contributed by atoms with Gasteiger partial charge >= 0.3 is 0 Å². The van der Waals surface area contributed by atoms with E-state index in [0.29, 0.717) is 16.3 Å². The monoisotopic (exact) mass is 450 g/mol. The highest BCUT2D eigenvalue weighted by atomic mass is 35.5. The topological polar surface area (TPSA) is 66.5 Å². The lowest BCUT2D eigenvalue weighted by Crippen LogP contribution is -2.38. The Bertz CT molecular complexity index is 1120. The molecular formula is C21H17ClF2N2O3S. The summed E-state index contributed by atoms with van der Waals surface area (Å²) in [6.45, 7) is -0.135. The SMILES string of the molecule is O=C(c1ccc(Cl)cc1)N(CCNS(=O)(=O)c1ccc(F)cc1)c1ccc(F)cc1. The molecule has 0 fully saturated rings. The number of amides is 1. The first-order valence-electron chi connectivity index (χ1n) is 8.84. The van der Waals surface area contributed by atoms with Crippen LogP contribution in [0.2, 0.25) is 5.02 Å². The van der Waals surface area contributed by atoms with Crippen molar-refractivity contribution in [1.82, 2.24) is 4.72 Å². The Morgan fingerprint density at radius 1 is 0.867 bits per heavy atom. The van der Waals surface area contributed by atoms with Gasteiger partial charge in [0.2, 0.25) is 10.0 Å². The molecule has 0 atom stereocenters. The van der Waals surface area contributed by atoms with Crippen LogP contribution < -0.4 is 9.62 Å². The zero-order chi connectivity index (χ0) is 21.7. The molecule has 0 aliphatic rings. The molecule has 1 N–H and O–H groups in total. The van der Waals surface area contributed by atoms with Crippen molar-refractivity contribution >= 4 is 33.2 Å². The maximum Gasteiger partial charge on any atom is 0.258 e. The predicted molar refractivity (Wildman–Crippen MR) is 111 cm³/mol. The quantitative estimate of drug-likeness (QED) is 0.585. The van der Waals surface area contributed by atoms with Gasteiger partial charge in [-0.05, 0) is 72.8 Å². The highest BCUT2D eigenvalue weighted by Crippen LogP contribution is 2.19. The molecule has 9 heteroatoms. The first kappa shape index (κ1) is 21.9. The highest BCUT2D eigenvalue weighted by molar-refractivity contribution is 7.89. The maximum absolute atomic E-state index is 13.3. The molecule has 0 saturated carbocycles. The minimum Gasteiger partial charge on any atom is -0.307 e. The standard InChI is InChI=1S/C21H17ClF2N2O3S/c22-16-3-1-15(2-4-16)21(27)26(19-9-5-17(23)6-10-19)14-13-25-30(28,29)20-11-7-18(24)8-12-20/h1-12,25H,13-14H2. The minimum absolute atomic E-state index is 0.0203. The lowest BCUT2D eigenvalue weighted by molar-refractivity contribution is 0.0987. The van der Waals surface area contributed by atoms with Crippen LogP contribution in [-0.2, 0) is 10.0 Å². The van der Waals surface area contributed by atoms with Crippen LogP contribution in [0.3, 0.4) is 0 Å². The summed E-state index contributed by atoms with van der Waals surface area (Å²) in [5, 5.41) is 0.465. The first-order valence-corrected chi connectivity index (χ1v) is 10.7. The summed E-state index contributed by atoms with van der Waals surface area (Å²) in [7, 11) is -3.89. The number of carbonyl (C=O) groups is 1. The van der Waals surface area contributed by atoms with Gasteiger partial charge in [0.25, 0.3) is 5.91 Å². The van der Waals surface area contributed by atoms with Crippen molar-refractivity contribution in [1.29, 1.82) is 0 Å². The van der Waals surface area contributed by atoms with Gasteiger partial charge in [0.15, 0.2) is 0 Å². The van der Waals surface area contributed by atoms with Gasteiger partial charge in [-0.25, -0.2) is 21.9 Å². The summed E-state index contributed by atoms with van der Waals surface area (Å²) in [4.78, 5) is 14.2. The lowest BCUT2D eigenvalue weighted by Gasteiger charge is -2.23. The Balaban J connectivity index is 1.78. The first-order chi connectivity index (χ1) is 14.3. The number of hydrogen-bond acceptors (Lipinski definition) is 3. The molecule has 3 aromatic rings. The van der Waals surface area contributed by atoms with Gasteiger partial charge in [-0.15, -0.1) is 0 Å². The van der Waals surface area contributed by atoms with E-state index in [9.17, 15) is 22.0 Å². The Kier molecular flexibility index (Phi) is 6.81. The second-order valence-electron chi connectivity index (χ2n) is 6.29. The van der Waals surface area contributed by atoms with Crippen molar-refractivity contribution in [2.45, 2.75) is 4.90 Å². The van der Waals surface area contributed by atoms with Gasteiger partial charge in [0, 0.05) is 29.4 Å². The number of nitrogens with one attached hydrogen (secondary N) is 1. The molecule has 0 unspecified atom stereocenters. The minimum atomic E-state index is -3.89. The summed E-state index contributed by atoms with van der Waals surface area (Å²) < 4.78 is 53.5. The van der Waals surface area contributed by atoms with Crippen molar-refractivity contribution in [3.63, 3.8) is 0 Å². The van der Waals surface area contributed by atoms with E-state index >= 15 is 0 Å². The molecule has 0 radical (unpaired) electrons. The summed E-state index contributed by atoms with van der Waals surface area (Å²) >= 11 is 5.87. The fraction of sp³-hybridized carbons (Fsp3) is 0.0952. The summed E-state index contributed by atoms with van der Waals surface area (Å²) in [6, 6.07) is 15.9. The van der Waals surface area contributed by atoms with E-state index in [1.54, 1.807) is 24.3 Å². The van der Waals surface area contributed by atoms with Crippen LogP contribution in [0.25, 0.3) is 0 Å². The molecule has 5 nitrogen and oxygen atoms in total. The maximum atomic E-state index is 13.3. The Hall–Kier alpha value is -2.81. The molecule has 1 amide bonds. The second kappa shape index (κ2) is 9.34. The van der Waals surface area contributed by atoms with Crippen LogP contribution in [0.15, 0.2) is 77.7 Å². The number of nitrogens with zero attached hydrogens (tertiary/aromatic N) is 1. The van der Waals surface area contributed by atoms with Crippen molar-refractivity contribution in [2.75, 3.05) is 18.0 Å². The van der Waals surface area contributed by atoms with Gasteiger partial charge in [-0.1, -0.05) is 11.6 Å². The van der Waals surface area contributed by atoms with E-state index in [0.717, 1.165) is 24.3 Å². The number of halogens is 3. The smallest absolute Gasteiger partial charge is 0.258 e. The third-order valence-corrected chi connectivity index (χ3v) is 5.95. The molecule has 0 aliphatic heterocycles. The Labute approximate surface area is 178 Å². The lowest BCUT2D eigenvalue weighted by atomic mass is 10.1. The van der Waals surface area contributed by atoms with E-state index in [1.807, 2.05) is 0 Å². The molecular weight excluding hydrogens is 434 g/mol. The van der Waals surface area contributed by atoms with Crippen LogP contribution >= 0.6 is 11.6 Å². The summed E-state index contributed by atoms with van der Waals surface area (Å²) in [5.74, 6) is -1.42. The third-order valence-electron chi connectivity index (χ3n) is 4.23. The average molecular weight is 451 g/mol. The molecule has 0 aliphatic carbocycles. The number of anilines is 1. The van der Waals surface area contributed by atoms with E-state index in [-0.39, 0.29) is 18.0 Å². The molecule has 3 aromatic carbocycles. The molecule has 156 valence electrons. The number of benzene rings is 3. The fourth-order valence-corrected chi connectivity index (χ4v) is 3.85. The Morgan fingerprint density at radius 3 is 1.97 bits per heavy atom. The Morgan fingerprint density at radius 2 is 1.40 bits per heavy atom. The van der Waals surface area contributed by atoms with Crippen LogP contribution in [0.4, 0.5) is 14.5 Å².